The number of amides is 2. The normalized spacial score (nSPS) is 14.4. The molecule has 184 valence electrons. The lowest BCUT2D eigenvalue weighted by atomic mass is 10.00. The highest BCUT2D eigenvalue weighted by Gasteiger charge is 2.38. The molecule has 0 spiro atoms. The minimum Gasteiger partial charge on any atom is -0.493 e. The van der Waals surface area contributed by atoms with E-state index in [0.29, 0.717) is 22.6 Å². The number of benzene rings is 2. The van der Waals surface area contributed by atoms with Crippen molar-refractivity contribution in [2.75, 3.05) is 19.1 Å². The Hall–Kier alpha value is -3.81. The SMILES string of the molecule is COc1cccc([C@H](C(=O)NC2CCCC2)N(C(=O)c2ccco2)c2ccc(C)c(F)c2)c1OC. The van der Waals surface area contributed by atoms with Gasteiger partial charge < -0.3 is 19.2 Å². The highest BCUT2D eigenvalue weighted by molar-refractivity contribution is 6.09. The van der Waals surface area contributed by atoms with E-state index in [0.717, 1.165) is 25.7 Å². The van der Waals surface area contributed by atoms with E-state index in [1.165, 1.54) is 37.5 Å². The Balaban J connectivity index is 1.91. The number of rotatable bonds is 8. The molecule has 4 rings (SSSR count). The quantitative estimate of drug-likeness (QED) is 0.480. The molecule has 0 unspecified atom stereocenters. The first-order valence-electron chi connectivity index (χ1n) is 11.6. The van der Waals surface area contributed by atoms with E-state index in [1.54, 1.807) is 43.3 Å². The van der Waals surface area contributed by atoms with Crippen LogP contribution in [0.4, 0.5) is 10.1 Å². The maximum atomic E-state index is 14.7. The lowest BCUT2D eigenvalue weighted by Gasteiger charge is -2.32. The van der Waals surface area contributed by atoms with Crippen LogP contribution in [0.1, 0.15) is 53.4 Å². The number of carbonyl (C=O) groups is 2. The Labute approximate surface area is 203 Å². The van der Waals surface area contributed by atoms with Crippen molar-refractivity contribution in [1.82, 2.24) is 5.32 Å². The maximum absolute atomic E-state index is 14.7. The fraction of sp³-hybridized carbons (Fsp3) is 0.333. The molecule has 1 heterocycles. The zero-order valence-corrected chi connectivity index (χ0v) is 20.0. The van der Waals surface area contributed by atoms with Crippen molar-refractivity contribution < 1.29 is 27.9 Å². The molecular weight excluding hydrogens is 451 g/mol. The summed E-state index contributed by atoms with van der Waals surface area (Å²) in [5.74, 6) is -0.742. The number of anilines is 1. The molecule has 0 aliphatic heterocycles. The largest absolute Gasteiger partial charge is 0.493 e. The number of furan rings is 1. The number of para-hydroxylation sites is 1. The highest BCUT2D eigenvalue weighted by Crippen LogP contribution is 2.40. The molecule has 1 aliphatic carbocycles. The number of nitrogens with one attached hydrogen (secondary N) is 1. The summed E-state index contributed by atoms with van der Waals surface area (Å²) in [5.41, 5.74) is 1.04. The number of carbonyl (C=O) groups excluding carboxylic acids is 2. The van der Waals surface area contributed by atoms with Crippen molar-refractivity contribution in [2.24, 2.45) is 0 Å². The predicted molar refractivity (Wildman–Crippen MR) is 129 cm³/mol. The lowest BCUT2D eigenvalue weighted by Crippen LogP contribution is -2.46. The van der Waals surface area contributed by atoms with Gasteiger partial charge in [-0.25, -0.2) is 4.39 Å². The van der Waals surface area contributed by atoms with Crippen LogP contribution in [0.25, 0.3) is 0 Å². The molecule has 0 saturated heterocycles. The smallest absolute Gasteiger partial charge is 0.294 e. The summed E-state index contributed by atoms with van der Waals surface area (Å²) in [4.78, 5) is 28.9. The molecule has 1 aromatic heterocycles. The van der Waals surface area contributed by atoms with Crippen molar-refractivity contribution in [2.45, 2.75) is 44.7 Å². The van der Waals surface area contributed by atoms with Gasteiger partial charge >= 0.3 is 0 Å². The third kappa shape index (κ3) is 5.01. The van der Waals surface area contributed by atoms with Crippen LogP contribution >= 0.6 is 0 Å². The molecule has 1 saturated carbocycles. The molecule has 1 N–H and O–H groups in total. The van der Waals surface area contributed by atoms with E-state index in [-0.39, 0.29) is 17.5 Å². The molecule has 1 atom stereocenters. The van der Waals surface area contributed by atoms with Crippen molar-refractivity contribution in [3.63, 3.8) is 0 Å². The predicted octanol–water partition coefficient (Wildman–Crippen LogP) is 5.19. The van der Waals surface area contributed by atoms with Crippen molar-refractivity contribution >= 4 is 17.5 Å². The van der Waals surface area contributed by atoms with E-state index in [1.807, 2.05) is 0 Å². The van der Waals surface area contributed by atoms with Gasteiger partial charge in [-0.05, 0) is 55.7 Å². The van der Waals surface area contributed by atoms with Gasteiger partial charge in [0.1, 0.15) is 11.9 Å². The van der Waals surface area contributed by atoms with E-state index in [9.17, 15) is 14.0 Å². The van der Waals surface area contributed by atoms with Crippen LogP contribution in [0, 0.1) is 12.7 Å². The first-order chi connectivity index (χ1) is 16.9. The van der Waals surface area contributed by atoms with Gasteiger partial charge in [-0.3, -0.25) is 14.5 Å². The number of aryl methyl sites for hydroxylation is 1. The summed E-state index contributed by atoms with van der Waals surface area (Å²) in [7, 11) is 2.97. The number of hydrogen-bond acceptors (Lipinski definition) is 5. The van der Waals surface area contributed by atoms with E-state index >= 15 is 0 Å². The first-order valence-corrected chi connectivity index (χ1v) is 11.6. The van der Waals surface area contributed by atoms with Crippen LogP contribution in [0.5, 0.6) is 11.5 Å². The molecule has 2 aromatic carbocycles. The molecule has 8 heteroatoms. The van der Waals surface area contributed by atoms with E-state index in [4.69, 9.17) is 13.9 Å². The van der Waals surface area contributed by atoms with Crippen LogP contribution in [0.15, 0.2) is 59.2 Å². The van der Waals surface area contributed by atoms with Gasteiger partial charge in [0.05, 0.1) is 20.5 Å². The third-order valence-electron chi connectivity index (χ3n) is 6.32. The number of halogens is 1. The summed E-state index contributed by atoms with van der Waals surface area (Å²) in [6.45, 7) is 1.63. The van der Waals surface area contributed by atoms with Crippen LogP contribution in [0.2, 0.25) is 0 Å². The standard InChI is InChI=1S/C27H29FN2O5/c1-17-13-14-19(16-21(17)28)30(27(32)23-12-7-15-35-23)24(26(31)29-18-8-4-5-9-18)20-10-6-11-22(33-2)25(20)34-3/h6-7,10-16,18,24H,4-5,8-9H2,1-3H3,(H,29,31)/t24-/m1/s1. The van der Waals surface area contributed by atoms with Gasteiger partial charge in [0, 0.05) is 17.3 Å². The van der Waals surface area contributed by atoms with Gasteiger partial charge in [0.2, 0.25) is 5.91 Å². The molecule has 2 amide bonds. The summed E-state index contributed by atoms with van der Waals surface area (Å²) in [5, 5.41) is 3.09. The average molecular weight is 481 g/mol. The molecule has 3 aromatic rings. The fourth-order valence-corrected chi connectivity index (χ4v) is 4.51. The molecular formula is C27H29FN2O5. The topological polar surface area (TPSA) is 81.0 Å². The van der Waals surface area contributed by atoms with Crippen molar-refractivity contribution in [1.29, 1.82) is 0 Å². The fourth-order valence-electron chi connectivity index (χ4n) is 4.51. The summed E-state index contributed by atoms with van der Waals surface area (Å²) in [6.07, 6.45) is 5.14. The Bertz CT molecular complexity index is 1190. The third-order valence-corrected chi connectivity index (χ3v) is 6.32. The van der Waals surface area contributed by atoms with Gasteiger partial charge in [-0.15, -0.1) is 0 Å². The Morgan fingerprint density at radius 3 is 2.49 bits per heavy atom. The monoisotopic (exact) mass is 480 g/mol. The zero-order chi connectivity index (χ0) is 24.9. The van der Waals surface area contributed by atoms with Crippen LogP contribution in [-0.4, -0.2) is 32.1 Å². The van der Waals surface area contributed by atoms with Crippen molar-refractivity contribution in [3.05, 3.63) is 77.5 Å². The molecule has 1 fully saturated rings. The average Bonchev–Trinajstić information content (AvgIpc) is 3.58. The number of ether oxygens (including phenoxy) is 2. The van der Waals surface area contributed by atoms with Gasteiger partial charge in [-0.2, -0.15) is 0 Å². The second kappa shape index (κ2) is 10.6. The minimum atomic E-state index is -1.18. The summed E-state index contributed by atoms with van der Waals surface area (Å²) < 4.78 is 31.2. The summed E-state index contributed by atoms with van der Waals surface area (Å²) >= 11 is 0. The molecule has 0 radical (unpaired) electrons. The lowest BCUT2D eigenvalue weighted by molar-refractivity contribution is -0.123. The van der Waals surface area contributed by atoms with Crippen LogP contribution < -0.4 is 19.7 Å². The highest BCUT2D eigenvalue weighted by atomic mass is 19.1. The molecule has 1 aliphatic rings. The Morgan fingerprint density at radius 2 is 1.86 bits per heavy atom. The second-order valence-corrected chi connectivity index (χ2v) is 8.56. The van der Waals surface area contributed by atoms with Crippen molar-refractivity contribution in [3.8, 4) is 11.5 Å². The molecule has 7 nitrogen and oxygen atoms in total. The molecule has 0 bridgehead atoms. The Kier molecular flexibility index (Phi) is 7.39. The number of hydrogen-bond donors (Lipinski definition) is 1. The van der Waals surface area contributed by atoms with Crippen LogP contribution in [0.3, 0.4) is 0 Å². The van der Waals surface area contributed by atoms with Gasteiger partial charge in [0.15, 0.2) is 17.3 Å². The number of methoxy groups -OCH3 is 2. The van der Waals surface area contributed by atoms with Crippen LogP contribution in [-0.2, 0) is 4.79 Å². The second-order valence-electron chi connectivity index (χ2n) is 8.56. The first kappa shape index (κ1) is 24.3. The maximum Gasteiger partial charge on any atom is 0.294 e. The van der Waals surface area contributed by atoms with E-state index in [2.05, 4.69) is 5.32 Å². The van der Waals surface area contributed by atoms with Gasteiger partial charge in [-0.1, -0.05) is 31.0 Å². The summed E-state index contributed by atoms with van der Waals surface area (Å²) in [6, 6.07) is 11.5. The Morgan fingerprint density at radius 1 is 1.09 bits per heavy atom. The van der Waals surface area contributed by atoms with E-state index < -0.39 is 23.7 Å². The minimum absolute atomic E-state index is 0.00285. The zero-order valence-electron chi connectivity index (χ0n) is 20.0. The van der Waals surface area contributed by atoms with Gasteiger partial charge in [0.25, 0.3) is 5.91 Å². The molecule has 35 heavy (non-hydrogen) atoms. The number of nitrogens with zero attached hydrogens (tertiary/aromatic N) is 1.